The van der Waals surface area contributed by atoms with Crippen LogP contribution in [0.5, 0.6) is 0 Å². The van der Waals surface area contributed by atoms with Gasteiger partial charge in [0.25, 0.3) is 5.91 Å². The number of carbonyl (C=O) groups excluding carboxylic acids is 1. The molecular formula is C18H19N3O2S. The van der Waals surface area contributed by atoms with Gasteiger partial charge in [0.15, 0.2) is 0 Å². The lowest BCUT2D eigenvalue weighted by atomic mass is 10.2. The first kappa shape index (κ1) is 15.4. The van der Waals surface area contributed by atoms with Crippen LogP contribution in [0.2, 0.25) is 0 Å². The molecule has 4 rings (SSSR count). The Balaban J connectivity index is 1.72. The smallest absolute Gasteiger partial charge is 0.264 e. The number of nitrogens with zero attached hydrogens (tertiary/aromatic N) is 3. The molecule has 0 aliphatic carbocycles. The Kier molecular flexibility index (Phi) is 3.86. The normalized spacial score (nSPS) is 18.2. The van der Waals surface area contributed by atoms with E-state index in [9.17, 15) is 4.79 Å². The second-order valence-corrected chi connectivity index (χ2v) is 7.13. The summed E-state index contributed by atoms with van der Waals surface area (Å²) in [6.07, 6.45) is 0.0959. The summed E-state index contributed by atoms with van der Waals surface area (Å²) in [4.78, 5) is 16.5. The van der Waals surface area contributed by atoms with Gasteiger partial charge in [-0.1, -0.05) is 18.2 Å². The van der Waals surface area contributed by atoms with Crippen molar-refractivity contribution in [2.45, 2.75) is 20.0 Å². The first-order valence-electron chi connectivity index (χ1n) is 8.09. The number of amides is 1. The van der Waals surface area contributed by atoms with Crippen molar-refractivity contribution in [3.8, 4) is 5.69 Å². The molecule has 24 heavy (non-hydrogen) atoms. The average molecular weight is 341 g/mol. The highest BCUT2D eigenvalue weighted by Crippen LogP contribution is 2.31. The van der Waals surface area contributed by atoms with E-state index in [0.717, 1.165) is 26.5 Å². The lowest BCUT2D eigenvalue weighted by Crippen LogP contribution is -2.44. The van der Waals surface area contributed by atoms with E-state index in [2.05, 4.69) is 5.10 Å². The van der Waals surface area contributed by atoms with Gasteiger partial charge in [-0.05, 0) is 32.0 Å². The number of hydrogen-bond acceptors (Lipinski definition) is 4. The fraction of sp³-hybridized carbons (Fsp3) is 0.333. The Morgan fingerprint density at radius 2 is 2.12 bits per heavy atom. The Bertz CT molecular complexity index is 884. The van der Waals surface area contributed by atoms with Gasteiger partial charge < -0.3 is 9.64 Å². The van der Waals surface area contributed by atoms with Crippen LogP contribution in [0.25, 0.3) is 15.9 Å². The monoisotopic (exact) mass is 341 g/mol. The van der Waals surface area contributed by atoms with E-state index in [1.807, 2.05) is 59.8 Å². The van der Waals surface area contributed by atoms with Gasteiger partial charge in [0.2, 0.25) is 0 Å². The van der Waals surface area contributed by atoms with Gasteiger partial charge in [-0.15, -0.1) is 11.3 Å². The number of hydrogen-bond donors (Lipinski definition) is 0. The topological polar surface area (TPSA) is 47.4 Å². The molecule has 0 bridgehead atoms. The van der Waals surface area contributed by atoms with Crippen LogP contribution in [0, 0.1) is 6.92 Å². The predicted octanol–water partition coefficient (Wildman–Crippen LogP) is 3.26. The largest absolute Gasteiger partial charge is 0.375 e. The lowest BCUT2D eigenvalue weighted by Gasteiger charge is -2.30. The maximum Gasteiger partial charge on any atom is 0.264 e. The van der Waals surface area contributed by atoms with Crippen molar-refractivity contribution < 1.29 is 9.53 Å². The van der Waals surface area contributed by atoms with E-state index in [1.165, 1.54) is 11.3 Å². The summed E-state index contributed by atoms with van der Waals surface area (Å²) >= 11 is 1.51. The average Bonchev–Trinajstić information content (AvgIpc) is 3.16. The standard InChI is InChI=1S/C18H19N3O2S/c1-12-11-20(8-9-23-12)17(22)16-10-15-13(2)19-21(18(15)24-16)14-6-4-3-5-7-14/h3-7,10,12H,8-9,11H2,1-2H3/t12-/m0/s1. The first-order chi connectivity index (χ1) is 11.6. The maximum atomic E-state index is 12.8. The molecule has 1 amide bonds. The molecule has 2 aromatic heterocycles. The molecule has 3 heterocycles. The van der Waals surface area contributed by atoms with Crippen molar-refractivity contribution in [1.82, 2.24) is 14.7 Å². The molecule has 0 N–H and O–H groups in total. The first-order valence-corrected chi connectivity index (χ1v) is 8.90. The van der Waals surface area contributed by atoms with Gasteiger partial charge in [-0.25, -0.2) is 4.68 Å². The van der Waals surface area contributed by atoms with Crippen LogP contribution in [0.15, 0.2) is 36.4 Å². The Labute approximate surface area is 144 Å². The molecule has 0 radical (unpaired) electrons. The highest BCUT2D eigenvalue weighted by atomic mass is 32.1. The molecule has 0 unspecified atom stereocenters. The van der Waals surface area contributed by atoms with E-state index < -0.39 is 0 Å². The van der Waals surface area contributed by atoms with Crippen molar-refractivity contribution >= 4 is 27.5 Å². The molecule has 1 atom stereocenters. The molecule has 1 saturated heterocycles. The number of rotatable bonds is 2. The molecule has 1 fully saturated rings. The summed E-state index contributed by atoms with van der Waals surface area (Å²) in [7, 11) is 0. The quantitative estimate of drug-likeness (QED) is 0.719. The zero-order valence-electron chi connectivity index (χ0n) is 13.7. The Morgan fingerprint density at radius 1 is 1.33 bits per heavy atom. The fourth-order valence-electron chi connectivity index (χ4n) is 3.06. The summed E-state index contributed by atoms with van der Waals surface area (Å²) in [5, 5.41) is 5.68. The molecule has 0 saturated carbocycles. The maximum absolute atomic E-state index is 12.8. The van der Waals surface area contributed by atoms with Gasteiger partial charge in [-0.3, -0.25) is 4.79 Å². The summed E-state index contributed by atoms with van der Waals surface area (Å²) in [6.45, 7) is 5.90. The lowest BCUT2D eigenvalue weighted by molar-refractivity contribution is -0.0122. The number of ether oxygens (including phenoxy) is 1. The molecule has 124 valence electrons. The molecule has 3 aromatic rings. The SMILES string of the molecule is Cc1nn(-c2ccccc2)c2sc(C(=O)N3CCO[C@@H](C)C3)cc12. The molecule has 1 aromatic carbocycles. The summed E-state index contributed by atoms with van der Waals surface area (Å²) in [5.41, 5.74) is 1.95. The summed E-state index contributed by atoms with van der Waals surface area (Å²) in [5.74, 6) is 0.0883. The number of aromatic nitrogens is 2. The molecule has 1 aliphatic heterocycles. The van der Waals surface area contributed by atoms with Crippen molar-refractivity contribution in [2.24, 2.45) is 0 Å². The Hall–Kier alpha value is -2.18. The van der Waals surface area contributed by atoms with E-state index in [4.69, 9.17) is 4.74 Å². The highest BCUT2D eigenvalue weighted by molar-refractivity contribution is 7.20. The van der Waals surface area contributed by atoms with Gasteiger partial charge in [0, 0.05) is 18.5 Å². The number of morpholine rings is 1. The van der Waals surface area contributed by atoms with Crippen LogP contribution in [0.1, 0.15) is 22.3 Å². The molecule has 0 spiro atoms. The van der Waals surface area contributed by atoms with Gasteiger partial charge >= 0.3 is 0 Å². The number of fused-ring (bicyclic) bond motifs is 1. The van der Waals surface area contributed by atoms with Crippen molar-refractivity contribution in [3.05, 3.63) is 47.0 Å². The van der Waals surface area contributed by atoms with E-state index in [0.29, 0.717) is 19.7 Å². The van der Waals surface area contributed by atoms with E-state index >= 15 is 0 Å². The van der Waals surface area contributed by atoms with Gasteiger partial charge in [0.1, 0.15) is 4.83 Å². The van der Waals surface area contributed by atoms with Crippen LogP contribution in [-0.4, -0.2) is 46.4 Å². The van der Waals surface area contributed by atoms with Crippen LogP contribution in [-0.2, 0) is 4.74 Å². The summed E-state index contributed by atoms with van der Waals surface area (Å²) < 4.78 is 7.45. The zero-order valence-corrected chi connectivity index (χ0v) is 14.5. The number of benzene rings is 1. The van der Waals surface area contributed by atoms with Crippen molar-refractivity contribution in [2.75, 3.05) is 19.7 Å². The number of carbonyl (C=O) groups is 1. The van der Waals surface area contributed by atoms with Crippen LogP contribution >= 0.6 is 11.3 Å². The van der Waals surface area contributed by atoms with E-state index in [-0.39, 0.29) is 12.0 Å². The molecule has 1 aliphatic rings. The predicted molar refractivity (Wildman–Crippen MR) is 95.0 cm³/mol. The minimum atomic E-state index is 0.0883. The number of para-hydroxylation sites is 1. The molecule has 5 nitrogen and oxygen atoms in total. The third-order valence-electron chi connectivity index (χ3n) is 4.28. The molecule has 6 heteroatoms. The Morgan fingerprint density at radius 3 is 2.88 bits per heavy atom. The third kappa shape index (κ3) is 2.61. The van der Waals surface area contributed by atoms with Gasteiger partial charge in [0.05, 0.1) is 29.0 Å². The number of aryl methyl sites for hydroxylation is 1. The highest BCUT2D eigenvalue weighted by Gasteiger charge is 2.25. The van der Waals surface area contributed by atoms with Crippen LogP contribution < -0.4 is 0 Å². The minimum absolute atomic E-state index is 0.0883. The van der Waals surface area contributed by atoms with Gasteiger partial charge in [-0.2, -0.15) is 5.10 Å². The van der Waals surface area contributed by atoms with Crippen molar-refractivity contribution in [1.29, 1.82) is 0 Å². The van der Waals surface area contributed by atoms with Crippen molar-refractivity contribution in [3.63, 3.8) is 0 Å². The fourth-order valence-corrected chi connectivity index (χ4v) is 4.21. The molecular weight excluding hydrogens is 322 g/mol. The second kappa shape index (κ2) is 6.03. The van der Waals surface area contributed by atoms with Crippen LogP contribution in [0.3, 0.4) is 0 Å². The van der Waals surface area contributed by atoms with Crippen LogP contribution in [0.4, 0.5) is 0 Å². The van der Waals surface area contributed by atoms with E-state index in [1.54, 1.807) is 0 Å². The third-order valence-corrected chi connectivity index (χ3v) is 5.38. The second-order valence-electron chi connectivity index (χ2n) is 6.09. The minimum Gasteiger partial charge on any atom is -0.375 e. The summed E-state index contributed by atoms with van der Waals surface area (Å²) in [6, 6.07) is 12.0. The number of thiophene rings is 1. The zero-order chi connectivity index (χ0) is 16.7.